The Morgan fingerprint density at radius 1 is 1.00 bits per heavy atom. The molecule has 0 atom stereocenters. The Bertz CT molecular complexity index is 742. The fourth-order valence-corrected chi connectivity index (χ4v) is 2.96. The number of nitrogens with one attached hydrogen (secondary N) is 1. The van der Waals surface area contributed by atoms with Crippen molar-refractivity contribution in [3.05, 3.63) is 59.7 Å². The van der Waals surface area contributed by atoms with Crippen LogP contribution in [0.25, 0.3) is 0 Å². The summed E-state index contributed by atoms with van der Waals surface area (Å²) in [5.41, 5.74) is 3.73. The molecule has 0 radical (unpaired) electrons. The van der Waals surface area contributed by atoms with Crippen LogP contribution in [-0.4, -0.2) is 23.9 Å². The van der Waals surface area contributed by atoms with Crippen LogP contribution in [0.4, 0.5) is 5.69 Å². The summed E-state index contributed by atoms with van der Waals surface area (Å²) in [6, 6.07) is 14.3. The zero-order valence-corrected chi connectivity index (χ0v) is 16.6. The fraction of sp³-hybridized carbons (Fsp3) is 0.391. The number of amidine groups is 1. The molecule has 5 heteroatoms. The molecule has 28 heavy (non-hydrogen) atoms. The van der Waals surface area contributed by atoms with Crippen molar-refractivity contribution in [3.63, 3.8) is 0 Å². The topological polar surface area (TPSA) is 70.9 Å². The summed E-state index contributed by atoms with van der Waals surface area (Å²) < 4.78 is 5.78. The average molecular weight is 383 g/mol. The number of hydrogen-bond acceptors (Lipinski definition) is 4. The van der Waals surface area contributed by atoms with E-state index in [1.54, 1.807) is 24.3 Å². The average Bonchev–Trinajstić information content (AvgIpc) is 2.75. The third kappa shape index (κ3) is 7.16. The van der Waals surface area contributed by atoms with E-state index in [1.807, 2.05) is 24.3 Å². The second-order valence-electron chi connectivity index (χ2n) is 6.74. The molecule has 0 unspecified atom stereocenters. The van der Waals surface area contributed by atoms with Gasteiger partial charge in [-0.15, -0.1) is 0 Å². The van der Waals surface area contributed by atoms with Gasteiger partial charge >= 0.3 is 0 Å². The Hall–Kier alpha value is -2.66. The number of hydrogen-bond donors (Lipinski definition) is 2. The number of benzene rings is 2. The molecule has 0 heterocycles. The molecule has 2 aromatic rings. The minimum atomic E-state index is 0.222. The van der Waals surface area contributed by atoms with E-state index in [0.29, 0.717) is 23.4 Å². The standard InChI is InChI=1S/C23H30N2O3/c1-2-3-4-5-6-7-10-17-28-21-15-13-20(14-16-21)24-23(25-27)22-12-9-8-11-19(22)18-26/h8-9,11-16,18,27H,2-7,10,17H2,1H3,(H,24,25). The summed E-state index contributed by atoms with van der Waals surface area (Å²) in [5, 5.41) is 9.43. The third-order valence-corrected chi connectivity index (χ3v) is 4.54. The van der Waals surface area contributed by atoms with Crippen LogP contribution in [0.1, 0.15) is 67.8 Å². The first-order chi connectivity index (χ1) is 13.8. The molecule has 0 bridgehead atoms. The Kier molecular flexibility index (Phi) is 9.80. The summed E-state index contributed by atoms with van der Waals surface area (Å²) in [7, 11) is 0. The summed E-state index contributed by atoms with van der Waals surface area (Å²) >= 11 is 0. The maximum Gasteiger partial charge on any atom is 0.158 e. The number of carbonyl (C=O) groups excluding carboxylic acids is 1. The second-order valence-corrected chi connectivity index (χ2v) is 6.74. The Balaban J connectivity index is 1.86. The van der Waals surface area contributed by atoms with Crippen molar-refractivity contribution in [1.29, 1.82) is 0 Å². The summed E-state index contributed by atoms with van der Waals surface area (Å²) in [6.45, 7) is 2.95. The Morgan fingerprint density at radius 3 is 2.36 bits per heavy atom. The van der Waals surface area contributed by atoms with E-state index in [4.69, 9.17) is 4.74 Å². The largest absolute Gasteiger partial charge is 0.494 e. The first-order valence-corrected chi connectivity index (χ1v) is 10.0. The normalized spacial score (nSPS) is 11.3. The number of carbonyl (C=O) groups is 1. The molecule has 0 aliphatic rings. The molecule has 0 aliphatic carbocycles. The van der Waals surface area contributed by atoms with Gasteiger partial charge in [0.25, 0.3) is 0 Å². The van der Waals surface area contributed by atoms with Crippen molar-refractivity contribution in [2.24, 2.45) is 4.99 Å². The van der Waals surface area contributed by atoms with Gasteiger partial charge in [-0.25, -0.2) is 4.99 Å². The van der Waals surface area contributed by atoms with Gasteiger partial charge in [0.1, 0.15) is 5.75 Å². The lowest BCUT2D eigenvalue weighted by Crippen LogP contribution is -2.21. The molecular formula is C23H30N2O3. The van der Waals surface area contributed by atoms with Crippen LogP contribution in [0.15, 0.2) is 53.5 Å². The first-order valence-electron chi connectivity index (χ1n) is 10.0. The highest BCUT2D eigenvalue weighted by Gasteiger charge is 2.08. The van der Waals surface area contributed by atoms with Crippen molar-refractivity contribution in [2.75, 3.05) is 6.61 Å². The van der Waals surface area contributed by atoms with Crippen molar-refractivity contribution < 1.29 is 14.7 Å². The van der Waals surface area contributed by atoms with Crippen LogP contribution in [0.3, 0.4) is 0 Å². The maximum absolute atomic E-state index is 11.2. The van der Waals surface area contributed by atoms with Gasteiger partial charge in [0.15, 0.2) is 12.1 Å². The van der Waals surface area contributed by atoms with Gasteiger partial charge in [-0.2, -0.15) is 0 Å². The molecule has 0 spiro atoms. The minimum absolute atomic E-state index is 0.222. The highest BCUT2D eigenvalue weighted by Crippen LogP contribution is 2.20. The smallest absolute Gasteiger partial charge is 0.158 e. The molecule has 0 amide bonds. The van der Waals surface area contributed by atoms with Crippen LogP contribution >= 0.6 is 0 Å². The molecule has 2 rings (SSSR count). The highest BCUT2D eigenvalue weighted by molar-refractivity contribution is 6.05. The SMILES string of the molecule is CCCCCCCCCOc1ccc(N=C(NO)c2ccccc2C=O)cc1. The predicted molar refractivity (Wildman–Crippen MR) is 113 cm³/mol. The zero-order chi connectivity index (χ0) is 20.0. The third-order valence-electron chi connectivity index (χ3n) is 4.54. The van der Waals surface area contributed by atoms with E-state index in [2.05, 4.69) is 17.4 Å². The Labute approximate surface area is 167 Å². The molecule has 0 aromatic heterocycles. The molecular weight excluding hydrogens is 352 g/mol. The fourth-order valence-electron chi connectivity index (χ4n) is 2.96. The maximum atomic E-state index is 11.2. The van der Waals surface area contributed by atoms with Crippen molar-refractivity contribution in [2.45, 2.75) is 51.9 Å². The van der Waals surface area contributed by atoms with E-state index in [9.17, 15) is 10.0 Å². The molecule has 150 valence electrons. The van der Waals surface area contributed by atoms with Crippen LogP contribution in [-0.2, 0) is 0 Å². The minimum Gasteiger partial charge on any atom is -0.494 e. The quantitative estimate of drug-likeness (QED) is 0.163. The van der Waals surface area contributed by atoms with Crippen LogP contribution in [0, 0.1) is 0 Å². The first kappa shape index (κ1) is 21.6. The molecule has 2 N–H and O–H groups in total. The number of aliphatic imine (C=N–C) groups is 1. The molecule has 0 fully saturated rings. The summed E-state index contributed by atoms with van der Waals surface area (Å²) in [4.78, 5) is 15.6. The number of ether oxygens (including phenoxy) is 1. The van der Waals surface area contributed by atoms with Gasteiger partial charge in [0.05, 0.1) is 12.3 Å². The molecule has 0 saturated carbocycles. The van der Waals surface area contributed by atoms with E-state index in [0.717, 1.165) is 18.5 Å². The van der Waals surface area contributed by atoms with Gasteiger partial charge < -0.3 is 4.74 Å². The monoisotopic (exact) mass is 382 g/mol. The highest BCUT2D eigenvalue weighted by atomic mass is 16.5. The molecule has 2 aromatic carbocycles. The lowest BCUT2D eigenvalue weighted by molar-refractivity contribution is 0.112. The van der Waals surface area contributed by atoms with Crippen LogP contribution in [0.5, 0.6) is 5.75 Å². The number of hydroxylamine groups is 1. The van der Waals surface area contributed by atoms with Gasteiger partial charge in [0.2, 0.25) is 0 Å². The number of rotatable bonds is 12. The van der Waals surface area contributed by atoms with E-state index < -0.39 is 0 Å². The van der Waals surface area contributed by atoms with Crippen molar-refractivity contribution in [1.82, 2.24) is 5.48 Å². The number of aldehydes is 1. The summed E-state index contributed by atoms with van der Waals surface area (Å²) in [5.74, 6) is 1.02. The van der Waals surface area contributed by atoms with Crippen LogP contribution in [0.2, 0.25) is 0 Å². The van der Waals surface area contributed by atoms with Gasteiger partial charge in [-0.05, 0) is 30.7 Å². The number of unbranched alkanes of at least 4 members (excludes halogenated alkanes) is 6. The van der Waals surface area contributed by atoms with Crippen molar-refractivity contribution >= 4 is 17.8 Å². The van der Waals surface area contributed by atoms with E-state index >= 15 is 0 Å². The van der Waals surface area contributed by atoms with Gasteiger partial charge in [-0.1, -0.05) is 69.7 Å². The Morgan fingerprint density at radius 2 is 1.68 bits per heavy atom. The lowest BCUT2D eigenvalue weighted by atomic mass is 10.1. The van der Waals surface area contributed by atoms with E-state index in [-0.39, 0.29) is 5.84 Å². The summed E-state index contributed by atoms with van der Waals surface area (Å²) in [6.07, 6.45) is 9.54. The van der Waals surface area contributed by atoms with Gasteiger partial charge in [0, 0.05) is 11.1 Å². The number of nitrogens with zero attached hydrogens (tertiary/aromatic N) is 1. The lowest BCUT2D eigenvalue weighted by Gasteiger charge is -2.09. The van der Waals surface area contributed by atoms with Crippen LogP contribution < -0.4 is 10.2 Å². The second kappa shape index (κ2) is 12.7. The zero-order valence-electron chi connectivity index (χ0n) is 16.6. The molecule has 0 saturated heterocycles. The molecule has 0 aliphatic heterocycles. The van der Waals surface area contributed by atoms with Crippen molar-refractivity contribution in [3.8, 4) is 5.75 Å². The molecule has 5 nitrogen and oxygen atoms in total. The predicted octanol–water partition coefficient (Wildman–Crippen LogP) is 5.69. The van der Waals surface area contributed by atoms with Gasteiger partial charge in [-0.3, -0.25) is 15.5 Å². The van der Waals surface area contributed by atoms with E-state index in [1.165, 1.54) is 38.5 Å².